The Kier molecular flexibility index (Phi) is 4.79. The Morgan fingerprint density at radius 3 is 2.59 bits per heavy atom. The molecule has 0 radical (unpaired) electrons. The van der Waals surface area contributed by atoms with E-state index in [1.165, 1.54) is 58.2 Å². The van der Waals surface area contributed by atoms with Gasteiger partial charge in [-0.1, -0.05) is 26.2 Å². The summed E-state index contributed by atoms with van der Waals surface area (Å²) in [6, 6.07) is 0.433. The lowest BCUT2D eigenvalue weighted by Crippen LogP contribution is -2.50. The maximum atomic E-state index is 6.11. The van der Waals surface area contributed by atoms with Gasteiger partial charge in [-0.2, -0.15) is 11.8 Å². The normalized spacial score (nSPS) is 34.8. The van der Waals surface area contributed by atoms with Crippen LogP contribution in [0.1, 0.15) is 45.4 Å². The van der Waals surface area contributed by atoms with Crippen molar-refractivity contribution in [1.29, 1.82) is 0 Å². The summed E-state index contributed by atoms with van der Waals surface area (Å²) < 4.78 is 0.555. The molecule has 1 aliphatic heterocycles. The molecular formula is C14H28N2S. The van der Waals surface area contributed by atoms with Crippen molar-refractivity contribution in [1.82, 2.24) is 4.90 Å². The lowest BCUT2D eigenvalue weighted by molar-refractivity contribution is 0.141. The molecule has 2 unspecified atom stereocenters. The number of thioether (sulfide) groups is 1. The van der Waals surface area contributed by atoms with Crippen LogP contribution in [-0.4, -0.2) is 41.6 Å². The molecule has 0 aromatic carbocycles. The summed E-state index contributed by atoms with van der Waals surface area (Å²) in [6.45, 7) is 6.03. The summed E-state index contributed by atoms with van der Waals surface area (Å²) in [5.41, 5.74) is 6.11. The molecule has 2 aliphatic rings. The number of nitrogens with zero attached hydrogens (tertiary/aromatic N) is 1. The van der Waals surface area contributed by atoms with E-state index in [0.29, 0.717) is 16.7 Å². The van der Waals surface area contributed by atoms with Crippen LogP contribution in [0.5, 0.6) is 0 Å². The van der Waals surface area contributed by atoms with E-state index in [1.807, 2.05) is 0 Å². The van der Waals surface area contributed by atoms with Crippen molar-refractivity contribution in [3.8, 4) is 0 Å². The van der Waals surface area contributed by atoms with Crippen molar-refractivity contribution in [2.75, 3.05) is 25.9 Å². The van der Waals surface area contributed by atoms with Gasteiger partial charge in [0.25, 0.3) is 0 Å². The monoisotopic (exact) mass is 256 g/mol. The SMILES string of the molecule is CSC1(CN2CCC(N)C(C)C2)CCCCC1. The Morgan fingerprint density at radius 2 is 2.00 bits per heavy atom. The average Bonchev–Trinajstić information content (AvgIpc) is 2.35. The van der Waals surface area contributed by atoms with E-state index in [0.717, 1.165) is 0 Å². The molecule has 1 heterocycles. The minimum absolute atomic E-state index is 0.433. The van der Waals surface area contributed by atoms with Crippen molar-refractivity contribution in [2.45, 2.75) is 56.2 Å². The van der Waals surface area contributed by atoms with Gasteiger partial charge in [0.2, 0.25) is 0 Å². The molecule has 2 N–H and O–H groups in total. The fourth-order valence-electron chi connectivity index (χ4n) is 3.42. The molecule has 2 fully saturated rings. The molecular weight excluding hydrogens is 228 g/mol. The highest BCUT2D eigenvalue weighted by Gasteiger charge is 2.35. The third-order valence-corrected chi connectivity index (χ3v) is 6.17. The van der Waals surface area contributed by atoms with Crippen LogP contribution >= 0.6 is 11.8 Å². The van der Waals surface area contributed by atoms with Crippen LogP contribution in [-0.2, 0) is 0 Å². The van der Waals surface area contributed by atoms with E-state index in [9.17, 15) is 0 Å². The molecule has 2 nitrogen and oxygen atoms in total. The van der Waals surface area contributed by atoms with Crippen molar-refractivity contribution in [2.24, 2.45) is 11.7 Å². The number of likely N-dealkylation sites (tertiary alicyclic amines) is 1. The highest BCUT2D eigenvalue weighted by Crippen LogP contribution is 2.39. The number of hydrogen-bond acceptors (Lipinski definition) is 3. The van der Waals surface area contributed by atoms with Gasteiger partial charge in [0.05, 0.1) is 0 Å². The first kappa shape index (κ1) is 13.7. The number of rotatable bonds is 3. The van der Waals surface area contributed by atoms with Gasteiger partial charge >= 0.3 is 0 Å². The quantitative estimate of drug-likeness (QED) is 0.842. The fraction of sp³-hybridized carbons (Fsp3) is 1.00. The first-order chi connectivity index (χ1) is 8.15. The zero-order chi connectivity index (χ0) is 12.3. The molecule has 0 spiro atoms. The van der Waals surface area contributed by atoms with E-state index in [4.69, 9.17) is 5.73 Å². The Labute approximate surface area is 111 Å². The molecule has 1 saturated heterocycles. The van der Waals surface area contributed by atoms with Gasteiger partial charge in [-0.25, -0.2) is 0 Å². The van der Waals surface area contributed by atoms with Crippen LogP contribution in [0.15, 0.2) is 0 Å². The van der Waals surface area contributed by atoms with Crippen LogP contribution in [0.3, 0.4) is 0 Å². The molecule has 2 rings (SSSR count). The highest BCUT2D eigenvalue weighted by molar-refractivity contribution is 8.00. The largest absolute Gasteiger partial charge is 0.327 e. The molecule has 0 aromatic heterocycles. The molecule has 0 aromatic rings. The lowest BCUT2D eigenvalue weighted by Gasteiger charge is -2.43. The standard InChI is InChI=1S/C14H28N2S/c1-12-10-16(9-6-13(12)15)11-14(17-2)7-4-3-5-8-14/h12-13H,3-11,15H2,1-2H3. The van der Waals surface area contributed by atoms with E-state index < -0.39 is 0 Å². The van der Waals surface area contributed by atoms with E-state index in [-0.39, 0.29) is 0 Å². The second-order valence-corrected chi connectivity index (χ2v) is 7.39. The topological polar surface area (TPSA) is 29.3 Å². The van der Waals surface area contributed by atoms with Crippen LogP contribution < -0.4 is 5.73 Å². The second-order valence-electron chi connectivity index (χ2n) is 6.11. The van der Waals surface area contributed by atoms with Crippen LogP contribution in [0.2, 0.25) is 0 Å². The zero-order valence-corrected chi connectivity index (χ0v) is 12.3. The second kappa shape index (κ2) is 5.94. The van der Waals surface area contributed by atoms with Gasteiger partial charge in [0, 0.05) is 23.9 Å². The average molecular weight is 256 g/mol. The molecule has 0 amide bonds. The number of piperidine rings is 1. The summed E-state index contributed by atoms with van der Waals surface area (Å²) in [4.78, 5) is 2.68. The molecule has 2 atom stereocenters. The Balaban J connectivity index is 1.90. The van der Waals surface area contributed by atoms with Gasteiger partial charge < -0.3 is 10.6 Å². The third kappa shape index (κ3) is 3.39. The fourth-order valence-corrected chi connectivity index (χ4v) is 4.43. The Hall–Kier alpha value is 0.270. The molecule has 1 saturated carbocycles. The number of hydrogen-bond donors (Lipinski definition) is 1. The van der Waals surface area contributed by atoms with Gasteiger partial charge in [-0.15, -0.1) is 0 Å². The minimum Gasteiger partial charge on any atom is -0.327 e. The molecule has 1 aliphatic carbocycles. The van der Waals surface area contributed by atoms with Crippen LogP contribution in [0.4, 0.5) is 0 Å². The Morgan fingerprint density at radius 1 is 1.29 bits per heavy atom. The van der Waals surface area contributed by atoms with Crippen molar-refractivity contribution in [3.05, 3.63) is 0 Å². The summed E-state index contributed by atoms with van der Waals surface area (Å²) in [5, 5.41) is 0. The first-order valence-electron chi connectivity index (χ1n) is 7.18. The van der Waals surface area contributed by atoms with Crippen molar-refractivity contribution >= 4 is 11.8 Å². The van der Waals surface area contributed by atoms with Crippen molar-refractivity contribution < 1.29 is 0 Å². The van der Waals surface area contributed by atoms with Crippen LogP contribution in [0.25, 0.3) is 0 Å². The van der Waals surface area contributed by atoms with Crippen molar-refractivity contribution in [3.63, 3.8) is 0 Å². The van der Waals surface area contributed by atoms with E-state index in [1.54, 1.807) is 0 Å². The third-order valence-electron chi connectivity index (χ3n) is 4.77. The molecule has 100 valence electrons. The zero-order valence-electron chi connectivity index (χ0n) is 11.5. The van der Waals surface area contributed by atoms with E-state index >= 15 is 0 Å². The van der Waals surface area contributed by atoms with Gasteiger partial charge in [-0.05, 0) is 38.0 Å². The predicted molar refractivity (Wildman–Crippen MR) is 77.5 cm³/mol. The van der Waals surface area contributed by atoms with E-state index in [2.05, 4.69) is 29.8 Å². The summed E-state index contributed by atoms with van der Waals surface area (Å²) in [5.74, 6) is 0.672. The minimum atomic E-state index is 0.433. The van der Waals surface area contributed by atoms with Gasteiger partial charge in [-0.3, -0.25) is 0 Å². The highest BCUT2D eigenvalue weighted by atomic mass is 32.2. The van der Waals surface area contributed by atoms with Crippen LogP contribution in [0, 0.1) is 5.92 Å². The molecule has 17 heavy (non-hydrogen) atoms. The smallest absolute Gasteiger partial charge is 0.0284 e. The summed E-state index contributed by atoms with van der Waals surface area (Å²) in [6.07, 6.45) is 10.7. The van der Waals surface area contributed by atoms with Gasteiger partial charge in [0.15, 0.2) is 0 Å². The lowest BCUT2D eigenvalue weighted by atomic mass is 9.86. The Bertz CT molecular complexity index is 238. The maximum Gasteiger partial charge on any atom is 0.0284 e. The van der Waals surface area contributed by atoms with Gasteiger partial charge in [0.1, 0.15) is 0 Å². The summed E-state index contributed by atoms with van der Waals surface area (Å²) >= 11 is 2.12. The number of nitrogens with two attached hydrogens (primary N) is 1. The predicted octanol–water partition coefficient (Wildman–Crippen LogP) is 2.72. The molecule has 0 bridgehead atoms. The maximum absolute atomic E-state index is 6.11. The summed E-state index contributed by atoms with van der Waals surface area (Å²) in [7, 11) is 0. The first-order valence-corrected chi connectivity index (χ1v) is 8.41. The molecule has 3 heteroatoms.